The number of rotatable bonds is 5. The molecule has 20 heavy (non-hydrogen) atoms. The standard InChI is InChI=1S/C16H25BrN2O/c1-12(18-2)14-4-5-16(15(17)10-14)19(3)11-13-6-8-20-9-7-13/h4-5,10,12-13,18H,6-9,11H2,1-3H3. The third kappa shape index (κ3) is 3.96. The van der Waals surface area contributed by atoms with Crippen LogP contribution >= 0.6 is 15.9 Å². The van der Waals surface area contributed by atoms with Gasteiger partial charge in [-0.1, -0.05) is 6.07 Å². The summed E-state index contributed by atoms with van der Waals surface area (Å²) in [6, 6.07) is 7.02. The van der Waals surface area contributed by atoms with Gasteiger partial charge in [0.25, 0.3) is 0 Å². The Hall–Kier alpha value is -0.580. The molecule has 1 aliphatic rings. The third-order valence-electron chi connectivity index (χ3n) is 4.19. The molecule has 0 aliphatic carbocycles. The number of anilines is 1. The van der Waals surface area contributed by atoms with E-state index in [4.69, 9.17) is 4.74 Å². The van der Waals surface area contributed by atoms with Crippen LogP contribution in [-0.2, 0) is 4.74 Å². The van der Waals surface area contributed by atoms with Gasteiger partial charge < -0.3 is 15.0 Å². The summed E-state index contributed by atoms with van der Waals surface area (Å²) in [6.07, 6.45) is 2.35. The average molecular weight is 341 g/mol. The van der Waals surface area contributed by atoms with Crippen molar-refractivity contribution in [2.24, 2.45) is 5.92 Å². The molecule has 0 aromatic heterocycles. The average Bonchev–Trinajstić information content (AvgIpc) is 2.47. The van der Waals surface area contributed by atoms with Gasteiger partial charge >= 0.3 is 0 Å². The van der Waals surface area contributed by atoms with Crippen LogP contribution in [0.1, 0.15) is 31.4 Å². The number of ether oxygens (including phenoxy) is 1. The molecule has 3 nitrogen and oxygen atoms in total. The third-order valence-corrected chi connectivity index (χ3v) is 4.82. The molecule has 1 aromatic rings. The number of nitrogens with zero attached hydrogens (tertiary/aromatic N) is 1. The summed E-state index contributed by atoms with van der Waals surface area (Å²) in [4.78, 5) is 2.36. The molecule has 1 unspecified atom stereocenters. The Kier molecular flexibility index (Phi) is 5.87. The molecular weight excluding hydrogens is 316 g/mol. The van der Waals surface area contributed by atoms with Crippen molar-refractivity contribution in [2.75, 3.05) is 38.8 Å². The number of nitrogens with one attached hydrogen (secondary N) is 1. The van der Waals surface area contributed by atoms with Crippen LogP contribution in [0.25, 0.3) is 0 Å². The van der Waals surface area contributed by atoms with Gasteiger partial charge in [0.05, 0.1) is 5.69 Å². The zero-order chi connectivity index (χ0) is 14.5. The van der Waals surface area contributed by atoms with E-state index in [1.54, 1.807) is 0 Å². The molecule has 1 aliphatic heterocycles. The van der Waals surface area contributed by atoms with Crippen LogP contribution in [0.2, 0.25) is 0 Å². The molecule has 1 N–H and O–H groups in total. The van der Waals surface area contributed by atoms with Crippen LogP contribution in [0.15, 0.2) is 22.7 Å². The van der Waals surface area contributed by atoms with Crippen LogP contribution in [-0.4, -0.2) is 33.9 Å². The van der Waals surface area contributed by atoms with Crippen molar-refractivity contribution >= 4 is 21.6 Å². The quantitative estimate of drug-likeness (QED) is 0.886. The van der Waals surface area contributed by atoms with E-state index >= 15 is 0 Å². The molecule has 0 spiro atoms. The van der Waals surface area contributed by atoms with Crippen molar-refractivity contribution in [1.82, 2.24) is 5.32 Å². The van der Waals surface area contributed by atoms with Crippen molar-refractivity contribution in [2.45, 2.75) is 25.8 Å². The molecule has 1 fully saturated rings. The highest BCUT2D eigenvalue weighted by molar-refractivity contribution is 9.10. The predicted octanol–water partition coefficient (Wildman–Crippen LogP) is 3.59. The highest BCUT2D eigenvalue weighted by atomic mass is 79.9. The normalized spacial score (nSPS) is 18.0. The zero-order valence-electron chi connectivity index (χ0n) is 12.7. The molecule has 0 saturated carbocycles. The van der Waals surface area contributed by atoms with Crippen molar-refractivity contribution in [3.05, 3.63) is 28.2 Å². The minimum Gasteiger partial charge on any atom is -0.381 e. The first kappa shape index (κ1) is 15.8. The van der Waals surface area contributed by atoms with Gasteiger partial charge in [-0.25, -0.2) is 0 Å². The molecule has 1 heterocycles. The van der Waals surface area contributed by atoms with Crippen molar-refractivity contribution in [1.29, 1.82) is 0 Å². The molecule has 1 saturated heterocycles. The lowest BCUT2D eigenvalue weighted by atomic mass is 9.99. The first-order valence-electron chi connectivity index (χ1n) is 7.37. The molecule has 0 bridgehead atoms. The SMILES string of the molecule is CNC(C)c1ccc(N(C)CC2CCOCC2)c(Br)c1. The van der Waals surface area contributed by atoms with E-state index in [2.05, 4.69) is 58.3 Å². The summed E-state index contributed by atoms with van der Waals surface area (Å²) in [5, 5.41) is 3.27. The highest BCUT2D eigenvalue weighted by Gasteiger charge is 2.17. The summed E-state index contributed by atoms with van der Waals surface area (Å²) >= 11 is 3.72. The zero-order valence-corrected chi connectivity index (χ0v) is 14.2. The van der Waals surface area contributed by atoms with E-state index in [0.29, 0.717) is 6.04 Å². The van der Waals surface area contributed by atoms with E-state index in [1.165, 1.54) is 28.6 Å². The van der Waals surface area contributed by atoms with Gasteiger partial charge in [0.15, 0.2) is 0 Å². The smallest absolute Gasteiger partial charge is 0.0508 e. The van der Waals surface area contributed by atoms with Gasteiger partial charge in [0, 0.05) is 37.3 Å². The highest BCUT2D eigenvalue weighted by Crippen LogP contribution is 2.30. The molecule has 4 heteroatoms. The maximum atomic E-state index is 5.43. The van der Waals surface area contributed by atoms with Crippen molar-refractivity contribution < 1.29 is 4.74 Å². The second kappa shape index (κ2) is 7.43. The van der Waals surface area contributed by atoms with Gasteiger partial charge in [0.1, 0.15) is 0 Å². The lowest BCUT2D eigenvalue weighted by Gasteiger charge is -2.29. The maximum absolute atomic E-state index is 5.43. The summed E-state index contributed by atoms with van der Waals surface area (Å²) in [7, 11) is 4.17. The fraction of sp³-hybridized carbons (Fsp3) is 0.625. The second-order valence-electron chi connectivity index (χ2n) is 5.66. The Balaban J connectivity index is 2.03. The van der Waals surface area contributed by atoms with E-state index in [1.807, 2.05) is 7.05 Å². The summed E-state index contributed by atoms with van der Waals surface area (Å²) in [6.45, 7) is 5.10. The summed E-state index contributed by atoms with van der Waals surface area (Å²) in [5.74, 6) is 0.747. The minimum absolute atomic E-state index is 0.376. The van der Waals surface area contributed by atoms with Gasteiger partial charge in [-0.15, -0.1) is 0 Å². The van der Waals surface area contributed by atoms with Crippen LogP contribution < -0.4 is 10.2 Å². The predicted molar refractivity (Wildman–Crippen MR) is 88.4 cm³/mol. The second-order valence-corrected chi connectivity index (χ2v) is 6.51. The number of hydrogen-bond donors (Lipinski definition) is 1. The molecule has 1 aromatic carbocycles. The van der Waals surface area contributed by atoms with E-state index in [9.17, 15) is 0 Å². The Bertz CT molecular complexity index is 432. The Labute approximate surface area is 130 Å². The topological polar surface area (TPSA) is 24.5 Å². The van der Waals surface area contributed by atoms with Gasteiger partial charge in [-0.3, -0.25) is 0 Å². The van der Waals surface area contributed by atoms with Gasteiger partial charge in [-0.2, -0.15) is 0 Å². The lowest BCUT2D eigenvalue weighted by molar-refractivity contribution is 0.0685. The van der Waals surface area contributed by atoms with Gasteiger partial charge in [0.2, 0.25) is 0 Å². The van der Waals surface area contributed by atoms with Gasteiger partial charge in [-0.05, 0) is 66.4 Å². The molecule has 2 rings (SSSR count). The number of hydrogen-bond acceptors (Lipinski definition) is 3. The van der Waals surface area contributed by atoms with Crippen LogP contribution in [0.4, 0.5) is 5.69 Å². The number of halogens is 1. The number of benzene rings is 1. The molecular formula is C16H25BrN2O. The Morgan fingerprint density at radius 2 is 2.10 bits per heavy atom. The van der Waals surface area contributed by atoms with E-state index in [0.717, 1.165) is 25.7 Å². The molecule has 112 valence electrons. The molecule has 0 amide bonds. The largest absolute Gasteiger partial charge is 0.381 e. The van der Waals surface area contributed by atoms with E-state index < -0.39 is 0 Å². The fourth-order valence-electron chi connectivity index (χ4n) is 2.68. The first-order chi connectivity index (χ1) is 9.61. The fourth-order valence-corrected chi connectivity index (χ4v) is 3.38. The summed E-state index contributed by atoms with van der Waals surface area (Å²) < 4.78 is 6.60. The molecule has 1 atom stereocenters. The lowest BCUT2D eigenvalue weighted by Crippen LogP contribution is -2.29. The minimum atomic E-state index is 0.376. The van der Waals surface area contributed by atoms with Crippen LogP contribution in [0.5, 0.6) is 0 Å². The van der Waals surface area contributed by atoms with Crippen molar-refractivity contribution in [3.63, 3.8) is 0 Å². The van der Waals surface area contributed by atoms with Crippen LogP contribution in [0.3, 0.4) is 0 Å². The first-order valence-corrected chi connectivity index (χ1v) is 8.16. The van der Waals surface area contributed by atoms with E-state index in [-0.39, 0.29) is 0 Å². The Morgan fingerprint density at radius 1 is 1.40 bits per heavy atom. The molecule has 0 radical (unpaired) electrons. The van der Waals surface area contributed by atoms with Crippen LogP contribution in [0, 0.1) is 5.92 Å². The maximum Gasteiger partial charge on any atom is 0.0508 e. The van der Waals surface area contributed by atoms with Crippen molar-refractivity contribution in [3.8, 4) is 0 Å². The Morgan fingerprint density at radius 3 is 2.70 bits per heavy atom. The summed E-state index contributed by atoms with van der Waals surface area (Å²) in [5.41, 5.74) is 2.58. The monoisotopic (exact) mass is 340 g/mol.